The number of benzene rings is 1. The van der Waals surface area contributed by atoms with Crippen molar-refractivity contribution in [3.63, 3.8) is 0 Å². The molecule has 3 heterocycles. The predicted octanol–water partition coefficient (Wildman–Crippen LogP) is 2.54. The number of hydrogen-bond acceptors (Lipinski definition) is 5. The van der Waals surface area contributed by atoms with Crippen molar-refractivity contribution in [1.29, 1.82) is 0 Å². The molecule has 1 aliphatic rings. The second-order valence-electron chi connectivity index (χ2n) is 5.14. The zero-order valence-corrected chi connectivity index (χ0v) is 12.4. The number of fused-ring (bicyclic) bond motifs is 2. The quantitative estimate of drug-likeness (QED) is 0.616. The maximum absolute atomic E-state index is 12.4. The van der Waals surface area contributed by atoms with Crippen LogP contribution in [0.1, 0.15) is 11.1 Å². The minimum absolute atomic E-state index is 0.218. The highest BCUT2D eigenvalue weighted by atomic mass is 16.5. The summed E-state index contributed by atoms with van der Waals surface area (Å²) in [6.07, 6.45) is 2.10. The third-order valence-electron chi connectivity index (χ3n) is 3.73. The summed E-state index contributed by atoms with van der Waals surface area (Å²) in [5.74, 6) is 1.90. The van der Waals surface area contributed by atoms with Crippen LogP contribution in [0.15, 0.2) is 47.4 Å². The lowest BCUT2D eigenvalue weighted by molar-refractivity contribution is 0.365. The van der Waals surface area contributed by atoms with E-state index in [1.54, 1.807) is 25.4 Å². The molecule has 0 unspecified atom stereocenters. The highest BCUT2D eigenvalue weighted by Gasteiger charge is 2.25. The van der Waals surface area contributed by atoms with Crippen LogP contribution in [-0.4, -0.2) is 22.1 Å². The first-order chi connectivity index (χ1) is 11.3. The van der Waals surface area contributed by atoms with Crippen LogP contribution in [0, 0.1) is 0 Å². The molecule has 23 heavy (non-hydrogen) atoms. The molecule has 6 nitrogen and oxygen atoms in total. The summed E-state index contributed by atoms with van der Waals surface area (Å²) in [5, 5.41) is 0. The van der Waals surface area contributed by atoms with Crippen LogP contribution >= 0.6 is 0 Å². The second-order valence-corrected chi connectivity index (χ2v) is 5.14. The molecule has 3 aromatic rings. The van der Waals surface area contributed by atoms with Crippen molar-refractivity contribution in [1.82, 2.24) is 15.0 Å². The summed E-state index contributed by atoms with van der Waals surface area (Å²) in [6.45, 7) is 0. The molecule has 1 N–H and O–H groups in total. The minimum Gasteiger partial charge on any atom is -0.493 e. The fraction of sp³-hybridized carbons (Fsp3) is 0.118. The number of aromatic nitrogens is 3. The first kappa shape index (κ1) is 13.5. The van der Waals surface area contributed by atoms with Gasteiger partial charge >= 0.3 is 0 Å². The molecule has 0 bridgehead atoms. The van der Waals surface area contributed by atoms with E-state index in [-0.39, 0.29) is 5.56 Å². The minimum atomic E-state index is -0.218. The molecule has 114 valence electrons. The molecule has 0 spiro atoms. The largest absolute Gasteiger partial charge is 0.493 e. The molecule has 0 radical (unpaired) electrons. The normalized spacial score (nSPS) is 12.0. The lowest BCUT2D eigenvalue weighted by atomic mass is 10.0. The standard InChI is InChI=1S/C17H13N3O3/c1-22-13-7-4-5-10-9-11-16(21)19-15(12-6-2-3-8-18-12)20-17(11)23-14(10)13/h2-8H,9H2,1H3,(H,19,20,21). The summed E-state index contributed by atoms with van der Waals surface area (Å²) in [4.78, 5) is 23.8. The van der Waals surface area contributed by atoms with Gasteiger partial charge in [-0.1, -0.05) is 18.2 Å². The number of rotatable bonds is 2. The zero-order valence-electron chi connectivity index (χ0n) is 12.4. The third kappa shape index (κ3) is 2.24. The monoisotopic (exact) mass is 307 g/mol. The van der Waals surface area contributed by atoms with Crippen molar-refractivity contribution in [2.45, 2.75) is 6.42 Å². The van der Waals surface area contributed by atoms with Crippen molar-refractivity contribution >= 4 is 0 Å². The first-order valence-electron chi connectivity index (χ1n) is 7.14. The summed E-state index contributed by atoms with van der Waals surface area (Å²) >= 11 is 0. The number of H-pyrrole nitrogens is 1. The first-order valence-corrected chi connectivity index (χ1v) is 7.14. The molecule has 2 aromatic heterocycles. The Bertz CT molecular complexity index is 936. The molecule has 0 aliphatic carbocycles. The van der Waals surface area contributed by atoms with Gasteiger partial charge in [-0.05, 0) is 18.2 Å². The Hall–Kier alpha value is -3.15. The number of ether oxygens (including phenoxy) is 2. The fourth-order valence-corrected chi connectivity index (χ4v) is 2.61. The van der Waals surface area contributed by atoms with Crippen molar-refractivity contribution in [3.05, 3.63) is 64.1 Å². The van der Waals surface area contributed by atoms with Crippen LogP contribution in [-0.2, 0) is 6.42 Å². The van der Waals surface area contributed by atoms with E-state index in [0.717, 1.165) is 5.56 Å². The maximum atomic E-state index is 12.4. The Morgan fingerprint density at radius 2 is 2.13 bits per heavy atom. The Balaban J connectivity index is 1.84. The summed E-state index contributed by atoms with van der Waals surface area (Å²) in [5.41, 5.74) is 1.77. The van der Waals surface area contributed by atoms with Crippen LogP contribution in [0.3, 0.4) is 0 Å². The van der Waals surface area contributed by atoms with Gasteiger partial charge in [0.25, 0.3) is 5.56 Å². The number of para-hydroxylation sites is 1. The van der Waals surface area contributed by atoms with Gasteiger partial charge in [0.1, 0.15) is 5.69 Å². The maximum Gasteiger partial charge on any atom is 0.258 e. The molecule has 6 heteroatoms. The third-order valence-corrected chi connectivity index (χ3v) is 3.73. The van der Waals surface area contributed by atoms with Crippen LogP contribution in [0.2, 0.25) is 0 Å². The van der Waals surface area contributed by atoms with Crippen LogP contribution in [0.4, 0.5) is 0 Å². The number of nitrogens with zero attached hydrogens (tertiary/aromatic N) is 2. The highest BCUT2D eigenvalue weighted by molar-refractivity contribution is 5.56. The van der Waals surface area contributed by atoms with Crippen LogP contribution in [0.25, 0.3) is 11.5 Å². The Kier molecular flexibility index (Phi) is 3.08. The van der Waals surface area contributed by atoms with E-state index in [2.05, 4.69) is 15.0 Å². The van der Waals surface area contributed by atoms with Gasteiger partial charge in [0.2, 0.25) is 5.88 Å². The Morgan fingerprint density at radius 3 is 2.91 bits per heavy atom. The van der Waals surface area contributed by atoms with Gasteiger partial charge in [0.15, 0.2) is 17.3 Å². The van der Waals surface area contributed by atoms with Gasteiger partial charge in [-0.15, -0.1) is 0 Å². The van der Waals surface area contributed by atoms with Crippen molar-refractivity contribution in [2.75, 3.05) is 7.11 Å². The van der Waals surface area contributed by atoms with Crippen LogP contribution < -0.4 is 15.0 Å². The number of hydrogen-bond donors (Lipinski definition) is 1. The lowest BCUT2D eigenvalue weighted by Crippen LogP contribution is -2.20. The smallest absolute Gasteiger partial charge is 0.258 e. The summed E-state index contributed by atoms with van der Waals surface area (Å²) < 4.78 is 11.2. The van der Waals surface area contributed by atoms with Gasteiger partial charge in [0.05, 0.1) is 12.7 Å². The number of aromatic amines is 1. The van der Waals surface area contributed by atoms with E-state index in [1.807, 2.05) is 24.3 Å². The van der Waals surface area contributed by atoms with Gasteiger partial charge < -0.3 is 14.5 Å². The van der Waals surface area contributed by atoms with Crippen molar-refractivity contribution in [3.8, 4) is 28.9 Å². The summed E-state index contributed by atoms with van der Waals surface area (Å²) in [6, 6.07) is 11.0. The molecule has 0 fully saturated rings. The molecular formula is C17H13N3O3. The van der Waals surface area contributed by atoms with E-state index in [4.69, 9.17) is 9.47 Å². The number of nitrogens with one attached hydrogen (secondary N) is 1. The highest BCUT2D eigenvalue weighted by Crippen LogP contribution is 2.40. The van der Waals surface area contributed by atoms with Gasteiger partial charge in [0, 0.05) is 18.2 Å². The van der Waals surface area contributed by atoms with Crippen LogP contribution in [0.5, 0.6) is 17.4 Å². The van der Waals surface area contributed by atoms with Gasteiger partial charge in [-0.2, -0.15) is 4.98 Å². The second kappa shape index (κ2) is 5.24. The Morgan fingerprint density at radius 1 is 1.22 bits per heavy atom. The molecule has 1 aliphatic heterocycles. The topological polar surface area (TPSA) is 77.1 Å². The van der Waals surface area contributed by atoms with E-state index in [1.165, 1.54) is 0 Å². The average molecular weight is 307 g/mol. The SMILES string of the molecule is COc1cccc2c1Oc1nc(-c3ccccn3)[nH]c(=O)c1C2. The predicted molar refractivity (Wildman–Crippen MR) is 84.0 cm³/mol. The van der Waals surface area contributed by atoms with E-state index >= 15 is 0 Å². The Labute approximate surface area is 131 Å². The van der Waals surface area contributed by atoms with Gasteiger partial charge in [-0.3, -0.25) is 9.78 Å². The van der Waals surface area contributed by atoms with Crippen molar-refractivity contribution in [2.24, 2.45) is 0 Å². The van der Waals surface area contributed by atoms with Gasteiger partial charge in [-0.25, -0.2) is 0 Å². The molecule has 0 amide bonds. The summed E-state index contributed by atoms with van der Waals surface area (Å²) in [7, 11) is 1.58. The average Bonchev–Trinajstić information content (AvgIpc) is 2.60. The molecular weight excluding hydrogens is 294 g/mol. The molecule has 0 atom stereocenters. The fourth-order valence-electron chi connectivity index (χ4n) is 2.61. The van der Waals surface area contributed by atoms with E-state index in [9.17, 15) is 4.79 Å². The molecule has 1 aromatic carbocycles. The van der Waals surface area contributed by atoms with Crippen molar-refractivity contribution < 1.29 is 9.47 Å². The molecule has 0 saturated heterocycles. The lowest BCUT2D eigenvalue weighted by Gasteiger charge is -2.20. The molecule has 4 rings (SSSR count). The number of methoxy groups -OCH3 is 1. The zero-order chi connectivity index (χ0) is 15.8. The number of pyridine rings is 1. The van der Waals surface area contributed by atoms with E-state index < -0.39 is 0 Å². The molecule has 0 saturated carbocycles. The van der Waals surface area contributed by atoms with E-state index in [0.29, 0.717) is 40.9 Å².